The average molecular weight is 338 g/mol. The van der Waals surface area contributed by atoms with E-state index in [1.54, 1.807) is 0 Å². The molecule has 0 aliphatic carbocycles. The van der Waals surface area contributed by atoms with Gasteiger partial charge in [0.05, 0.1) is 11.7 Å². The predicted molar refractivity (Wildman–Crippen MR) is 67.4 cm³/mol. The summed E-state index contributed by atoms with van der Waals surface area (Å²) in [5, 5.41) is 3.49. The van der Waals surface area contributed by atoms with Crippen LogP contribution in [0.1, 0.15) is 0 Å². The van der Waals surface area contributed by atoms with Crippen molar-refractivity contribution in [2.75, 3.05) is 5.32 Å². The van der Waals surface area contributed by atoms with Crippen LogP contribution < -0.4 is 5.32 Å². The summed E-state index contributed by atoms with van der Waals surface area (Å²) in [5.74, 6) is 0.609. The average Bonchev–Trinajstić information content (AvgIpc) is 2.56. The first-order valence-electron chi connectivity index (χ1n) is 3.76. The van der Waals surface area contributed by atoms with Crippen molar-refractivity contribution in [2.45, 2.75) is 0 Å². The molecule has 0 aliphatic heterocycles. The third-order valence-corrected chi connectivity index (χ3v) is 3.17. The smallest absolute Gasteiger partial charge is 0.187 e. The Bertz CT molecular complexity index is 428. The van der Waals surface area contributed by atoms with Gasteiger partial charge in [-0.15, -0.1) is 0 Å². The number of nitrogens with zero attached hydrogens (tertiary/aromatic N) is 2. The fourth-order valence-corrected chi connectivity index (χ4v) is 1.93. The summed E-state index contributed by atoms with van der Waals surface area (Å²) in [4.78, 5) is 0. The zero-order valence-corrected chi connectivity index (χ0v) is 10.6. The van der Waals surface area contributed by atoms with Gasteiger partial charge in [-0.3, -0.25) is 0 Å². The van der Waals surface area contributed by atoms with E-state index in [0.717, 1.165) is 17.4 Å². The highest BCUT2D eigenvalue weighted by Crippen LogP contribution is 2.22. The van der Waals surface area contributed by atoms with Crippen LogP contribution in [-0.4, -0.2) is 8.75 Å². The molecule has 0 amide bonds. The molecule has 0 unspecified atom stereocenters. The van der Waals surface area contributed by atoms with Gasteiger partial charge in [0.1, 0.15) is 0 Å². The molecule has 14 heavy (non-hydrogen) atoms. The molecule has 0 saturated heterocycles. The van der Waals surface area contributed by atoms with Crippen molar-refractivity contribution >= 4 is 57.4 Å². The summed E-state index contributed by atoms with van der Waals surface area (Å²) in [6.07, 6.45) is 0. The van der Waals surface area contributed by atoms with E-state index in [1.807, 2.05) is 24.3 Å². The first-order chi connectivity index (χ1) is 6.75. The predicted octanol–water partition coefficient (Wildman–Crippen LogP) is 3.54. The minimum atomic E-state index is 0.411. The van der Waals surface area contributed by atoms with Crippen LogP contribution >= 0.6 is 45.9 Å². The van der Waals surface area contributed by atoms with Crippen molar-refractivity contribution in [1.82, 2.24) is 8.75 Å². The van der Waals surface area contributed by atoms with E-state index < -0.39 is 0 Å². The molecule has 0 aliphatic rings. The fraction of sp³-hybridized carbons (Fsp3) is 0. The van der Waals surface area contributed by atoms with Crippen LogP contribution in [-0.2, 0) is 0 Å². The number of hydrogen-bond acceptors (Lipinski definition) is 4. The van der Waals surface area contributed by atoms with E-state index in [0.29, 0.717) is 11.0 Å². The van der Waals surface area contributed by atoms with Gasteiger partial charge in [-0.05, 0) is 46.9 Å². The van der Waals surface area contributed by atoms with Crippen molar-refractivity contribution in [3.63, 3.8) is 0 Å². The van der Waals surface area contributed by atoms with Crippen molar-refractivity contribution < 1.29 is 0 Å². The van der Waals surface area contributed by atoms with Crippen LogP contribution in [0.25, 0.3) is 0 Å². The minimum Gasteiger partial charge on any atom is -0.337 e. The van der Waals surface area contributed by atoms with Gasteiger partial charge in [0.2, 0.25) is 0 Å². The van der Waals surface area contributed by atoms with Crippen molar-refractivity contribution in [1.29, 1.82) is 0 Å². The van der Waals surface area contributed by atoms with Crippen LogP contribution in [0.4, 0.5) is 11.5 Å². The SMILES string of the molecule is Clc1nsnc1Nc1ccc(I)cc1. The Balaban J connectivity index is 2.19. The molecule has 1 aromatic carbocycles. The zero-order valence-electron chi connectivity index (χ0n) is 6.87. The Kier molecular flexibility index (Phi) is 3.19. The summed E-state index contributed by atoms with van der Waals surface area (Å²) in [6.45, 7) is 0. The Labute approximate surface area is 104 Å². The molecular weight excluding hydrogens is 333 g/mol. The van der Waals surface area contributed by atoms with Gasteiger partial charge in [-0.1, -0.05) is 11.6 Å². The zero-order chi connectivity index (χ0) is 9.97. The molecule has 2 rings (SSSR count). The number of halogens is 2. The molecule has 1 heterocycles. The van der Waals surface area contributed by atoms with Crippen LogP contribution in [0.2, 0.25) is 5.15 Å². The lowest BCUT2D eigenvalue weighted by atomic mass is 10.3. The second kappa shape index (κ2) is 4.41. The normalized spacial score (nSPS) is 10.1. The van der Waals surface area contributed by atoms with Gasteiger partial charge in [-0.25, -0.2) is 0 Å². The van der Waals surface area contributed by atoms with Crippen LogP contribution in [0.3, 0.4) is 0 Å². The summed E-state index contributed by atoms with van der Waals surface area (Å²) in [5.41, 5.74) is 0.958. The molecule has 1 aromatic heterocycles. The summed E-state index contributed by atoms with van der Waals surface area (Å²) in [7, 11) is 0. The molecule has 6 heteroatoms. The van der Waals surface area contributed by atoms with Gasteiger partial charge >= 0.3 is 0 Å². The van der Waals surface area contributed by atoms with Crippen LogP contribution in [0.15, 0.2) is 24.3 Å². The lowest BCUT2D eigenvalue weighted by Gasteiger charge is -2.01. The maximum atomic E-state index is 5.79. The van der Waals surface area contributed by atoms with Gasteiger partial charge in [0.15, 0.2) is 11.0 Å². The number of aromatic nitrogens is 2. The number of benzene rings is 1. The first-order valence-corrected chi connectivity index (χ1v) is 5.95. The Morgan fingerprint density at radius 2 is 1.93 bits per heavy atom. The maximum Gasteiger partial charge on any atom is 0.187 e. The number of rotatable bonds is 2. The van der Waals surface area contributed by atoms with E-state index in [1.165, 1.54) is 3.57 Å². The topological polar surface area (TPSA) is 37.8 Å². The van der Waals surface area contributed by atoms with E-state index in [4.69, 9.17) is 11.6 Å². The molecular formula is C8H5ClIN3S. The van der Waals surface area contributed by atoms with Crippen LogP contribution in [0.5, 0.6) is 0 Å². The fourth-order valence-electron chi connectivity index (χ4n) is 0.922. The number of nitrogens with one attached hydrogen (secondary N) is 1. The Morgan fingerprint density at radius 1 is 1.21 bits per heavy atom. The number of hydrogen-bond donors (Lipinski definition) is 1. The molecule has 0 bridgehead atoms. The molecule has 0 fully saturated rings. The third-order valence-electron chi connectivity index (χ3n) is 1.56. The van der Waals surface area contributed by atoms with Gasteiger partial charge in [-0.2, -0.15) is 8.75 Å². The van der Waals surface area contributed by atoms with Gasteiger partial charge in [0, 0.05) is 9.26 Å². The quantitative estimate of drug-likeness (QED) is 0.852. The lowest BCUT2D eigenvalue weighted by Crippen LogP contribution is -1.90. The molecule has 72 valence electrons. The second-order valence-electron chi connectivity index (χ2n) is 2.54. The van der Waals surface area contributed by atoms with Gasteiger partial charge < -0.3 is 5.32 Å². The largest absolute Gasteiger partial charge is 0.337 e. The highest BCUT2D eigenvalue weighted by molar-refractivity contribution is 14.1. The standard InChI is InChI=1S/C8H5ClIN3S/c9-7-8(13-14-12-7)11-6-3-1-5(10)2-4-6/h1-4H,(H,11,13). The minimum absolute atomic E-state index is 0.411. The molecule has 3 nitrogen and oxygen atoms in total. The summed E-state index contributed by atoms with van der Waals surface area (Å²) >= 11 is 9.14. The van der Waals surface area contributed by atoms with E-state index in [-0.39, 0.29) is 0 Å². The molecule has 0 atom stereocenters. The molecule has 2 aromatic rings. The Morgan fingerprint density at radius 3 is 2.50 bits per heavy atom. The highest BCUT2D eigenvalue weighted by atomic mass is 127. The molecule has 0 saturated carbocycles. The van der Waals surface area contributed by atoms with E-state index in [2.05, 4.69) is 36.7 Å². The monoisotopic (exact) mass is 337 g/mol. The highest BCUT2D eigenvalue weighted by Gasteiger charge is 2.04. The number of anilines is 2. The van der Waals surface area contributed by atoms with E-state index in [9.17, 15) is 0 Å². The Hall–Kier alpha value is -0.400. The summed E-state index contributed by atoms with van der Waals surface area (Å²) in [6, 6.07) is 7.96. The summed E-state index contributed by atoms with van der Waals surface area (Å²) < 4.78 is 9.07. The molecule has 0 spiro atoms. The molecule has 1 N–H and O–H groups in total. The first kappa shape index (κ1) is 10.1. The van der Waals surface area contributed by atoms with Crippen molar-refractivity contribution in [2.24, 2.45) is 0 Å². The molecule has 0 radical (unpaired) electrons. The third kappa shape index (κ3) is 2.34. The van der Waals surface area contributed by atoms with Crippen molar-refractivity contribution in [3.05, 3.63) is 33.0 Å². The maximum absolute atomic E-state index is 5.79. The second-order valence-corrected chi connectivity index (χ2v) is 4.67. The lowest BCUT2D eigenvalue weighted by molar-refractivity contribution is 1.44. The van der Waals surface area contributed by atoms with Crippen LogP contribution in [0, 0.1) is 3.57 Å². The van der Waals surface area contributed by atoms with Crippen molar-refractivity contribution in [3.8, 4) is 0 Å². The van der Waals surface area contributed by atoms with E-state index >= 15 is 0 Å². The van der Waals surface area contributed by atoms with Gasteiger partial charge in [0.25, 0.3) is 0 Å².